The van der Waals surface area contributed by atoms with Crippen LogP contribution in [0.5, 0.6) is 0 Å². The lowest BCUT2D eigenvalue weighted by Gasteiger charge is -2.15. The molecule has 1 heterocycles. The standard InChI is InChI=1S/C8H17IN2/c1-8(9)10-4-7-11-5-2-3-6-11/h8,10H,2-7H2,1H3/t8-/m0/s1. The zero-order valence-electron chi connectivity index (χ0n) is 7.15. The molecule has 1 aliphatic rings. The highest BCUT2D eigenvalue weighted by molar-refractivity contribution is 14.1. The molecule has 0 aliphatic carbocycles. The van der Waals surface area contributed by atoms with Gasteiger partial charge in [0.2, 0.25) is 0 Å². The first-order valence-corrected chi connectivity index (χ1v) is 5.63. The predicted molar refractivity (Wildman–Crippen MR) is 57.2 cm³/mol. The summed E-state index contributed by atoms with van der Waals surface area (Å²) in [5, 5.41) is 3.42. The average Bonchev–Trinajstić information content (AvgIpc) is 2.39. The van der Waals surface area contributed by atoms with Gasteiger partial charge in [-0.15, -0.1) is 0 Å². The van der Waals surface area contributed by atoms with Crippen LogP contribution in [0.15, 0.2) is 0 Å². The second kappa shape index (κ2) is 5.32. The first-order chi connectivity index (χ1) is 5.29. The van der Waals surface area contributed by atoms with Crippen LogP contribution in [0, 0.1) is 0 Å². The van der Waals surface area contributed by atoms with Crippen LogP contribution in [0.25, 0.3) is 0 Å². The maximum atomic E-state index is 3.42. The minimum absolute atomic E-state index is 0.607. The fraction of sp³-hybridized carbons (Fsp3) is 1.00. The number of rotatable bonds is 4. The van der Waals surface area contributed by atoms with E-state index in [0.717, 1.165) is 6.54 Å². The third-order valence-corrected chi connectivity index (χ3v) is 2.49. The Morgan fingerprint density at radius 1 is 1.45 bits per heavy atom. The number of likely N-dealkylation sites (tertiary alicyclic amines) is 1. The lowest BCUT2D eigenvalue weighted by molar-refractivity contribution is 0.336. The Bertz CT molecular complexity index is 100. The van der Waals surface area contributed by atoms with Crippen molar-refractivity contribution in [2.75, 3.05) is 26.2 Å². The molecule has 0 saturated carbocycles. The third-order valence-electron chi connectivity index (χ3n) is 2.05. The van der Waals surface area contributed by atoms with E-state index in [0.29, 0.717) is 4.05 Å². The lowest BCUT2D eigenvalue weighted by Crippen LogP contribution is -2.32. The second-order valence-electron chi connectivity index (χ2n) is 3.12. The van der Waals surface area contributed by atoms with E-state index in [-0.39, 0.29) is 0 Å². The van der Waals surface area contributed by atoms with Crippen LogP contribution in [-0.2, 0) is 0 Å². The van der Waals surface area contributed by atoms with Crippen LogP contribution in [0.2, 0.25) is 0 Å². The Balaban J connectivity index is 1.94. The van der Waals surface area contributed by atoms with Crippen molar-refractivity contribution in [2.24, 2.45) is 0 Å². The van der Waals surface area contributed by atoms with Gasteiger partial charge in [-0.2, -0.15) is 0 Å². The summed E-state index contributed by atoms with van der Waals surface area (Å²) in [5.41, 5.74) is 0. The summed E-state index contributed by atoms with van der Waals surface area (Å²) in [7, 11) is 0. The van der Waals surface area contributed by atoms with Crippen molar-refractivity contribution in [3.63, 3.8) is 0 Å². The smallest absolute Gasteiger partial charge is 0.0565 e. The molecule has 2 nitrogen and oxygen atoms in total. The molecule has 1 aliphatic heterocycles. The highest BCUT2D eigenvalue weighted by atomic mass is 127. The van der Waals surface area contributed by atoms with Crippen molar-refractivity contribution in [1.82, 2.24) is 10.2 Å². The van der Waals surface area contributed by atoms with Crippen molar-refractivity contribution in [1.29, 1.82) is 0 Å². The zero-order chi connectivity index (χ0) is 8.10. The van der Waals surface area contributed by atoms with Gasteiger partial charge >= 0.3 is 0 Å². The second-order valence-corrected chi connectivity index (χ2v) is 4.99. The molecule has 1 rings (SSSR count). The highest BCUT2D eigenvalue weighted by Crippen LogP contribution is 2.05. The molecule has 0 aromatic carbocycles. The SMILES string of the molecule is C[C@@H](I)NCCN1CCCC1. The summed E-state index contributed by atoms with van der Waals surface area (Å²) in [6.45, 7) is 7.19. The molecule has 3 heteroatoms. The first-order valence-electron chi connectivity index (χ1n) is 4.39. The van der Waals surface area contributed by atoms with Crippen molar-refractivity contribution in [2.45, 2.75) is 23.8 Å². The molecule has 1 N–H and O–H groups in total. The lowest BCUT2D eigenvalue weighted by atomic mass is 10.4. The fourth-order valence-electron chi connectivity index (χ4n) is 1.43. The number of halogens is 1. The minimum Gasteiger partial charge on any atom is -0.304 e. The van der Waals surface area contributed by atoms with Crippen LogP contribution in [0.3, 0.4) is 0 Å². The van der Waals surface area contributed by atoms with Crippen LogP contribution < -0.4 is 5.32 Å². The van der Waals surface area contributed by atoms with Crippen LogP contribution in [0.1, 0.15) is 19.8 Å². The van der Waals surface area contributed by atoms with Crippen molar-refractivity contribution >= 4 is 22.6 Å². The summed E-state index contributed by atoms with van der Waals surface area (Å²) in [6.07, 6.45) is 2.81. The van der Waals surface area contributed by atoms with Gasteiger partial charge in [-0.1, -0.05) is 22.6 Å². The van der Waals surface area contributed by atoms with Crippen molar-refractivity contribution in [3.8, 4) is 0 Å². The Kier molecular flexibility index (Phi) is 4.71. The number of alkyl halides is 1. The molecule has 11 heavy (non-hydrogen) atoms. The summed E-state index contributed by atoms with van der Waals surface area (Å²) >= 11 is 2.40. The molecule has 1 saturated heterocycles. The Morgan fingerprint density at radius 2 is 2.09 bits per heavy atom. The first kappa shape index (κ1) is 9.74. The largest absolute Gasteiger partial charge is 0.304 e. The monoisotopic (exact) mass is 268 g/mol. The quantitative estimate of drug-likeness (QED) is 0.471. The Hall–Kier alpha value is 0.650. The van der Waals surface area contributed by atoms with Crippen LogP contribution in [-0.4, -0.2) is 35.1 Å². The number of nitrogens with zero attached hydrogens (tertiary/aromatic N) is 1. The molecule has 1 fully saturated rings. The summed E-state index contributed by atoms with van der Waals surface area (Å²) in [4.78, 5) is 2.53. The van der Waals surface area contributed by atoms with E-state index >= 15 is 0 Å². The maximum absolute atomic E-state index is 3.42. The number of nitrogens with one attached hydrogen (secondary N) is 1. The summed E-state index contributed by atoms with van der Waals surface area (Å²) < 4.78 is 0.607. The van der Waals surface area contributed by atoms with Crippen LogP contribution in [0.4, 0.5) is 0 Å². The molecule has 0 unspecified atom stereocenters. The fourth-order valence-corrected chi connectivity index (χ4v) is 1.74. The number of hydrogen-bond donors (Lipinski definition) is 1. The summed E-state index contributed by atoms with van der Waals surface area (Å²) in [5.74, 6) is 0. The minimum atomic E-state index is 0.607. The van der Waals surface area contributed by atoms with E-state index in [9.17, 15) is 0 Å². The van der Waals surface area contributed by atoms with E-state index in [4.69, 9.17) is 0 Å². The van der Waals surface area contributed by atoms with Gasteiger partial charge in [0.05, 0.1) is 4.05 Å². The molecule has 66 valence electrons. The molecule has 0 spiro atoms. The van der Waals surface area contributed by atoms with E-state index in [1.165, 1.54) is 32.5 Å². The topological polar surface area (TPSA) is 15.3 Å². The summed E-state index contributed by atoms with van der Waals surface area (Å²) in [6, 6.07) is 0. The highest BCUT2D eigenvalue weighted by Gasteiger charge is 2.09. The predicted octanol–water partition coefficient (Wildman–Crippen LogP) is 1.45. The Morgan fingerprint density at radius 3 is 2.64 bits per heavy atom. The molecule has 0 aromatic heterocycles. The molecular formula is C8H17IN2. The number of hydrogen-bond acceptors (Lipinski definition) is 2. The van der Waals surface area contributed by atoms with Crippen LogP contribution >= 0.6 is 22.6 Å². The van der Waals surface area contributed by atoms with Gasteiger partial charge in [0.15, 0.2) is 0 Å². The van der Waals surface area contributed by atoms with Gasteiger partial charge in [0.1, 0.15) is 0 Å². The molecule has 0 amide bonds. The molecule has 0 bridgehead atoms. The van der Waals surface area contributed by atoms with Gasteiger partial charge in [0.25, 0.3) is 0 Å². The normalized spacial score (nSPS) is 22.4. The van der Waals surface area contributed by atoms with Gasteiger partial charge in [-0.25, -0.2) is 0 Å². The van der Waals surface area contributed by atoms with Gasteiger partial charge in [-0.05, 0) is 32.9 Å². The van der Waals surface area contributed by atoms with E-state index < -0.39 is 0 Å². The van der Waals surface area contributed by atoms with Crippen molar-refractivity contribution in [3.05, 3.63) is 0 Å². The van der Waals surface area contributed by atoms with Gasteiger partial charge in [-0.3, -0.25) is 0 Å². The molecular weight excluding hydrogens is 251 g/mol. The maximum Gasteiger partial charge on any atom is 0.0565 e. The molecule has 0 radical (unpaired) electrons. The molecule has 1 atom stereocenters. The van der Waals surface area contributed by atoms with Gasteiger partial charge in [0, 0.05) is 13.1 Å². The average molecular weight is 268 g/mol. The van der Waals surface area contributed by atoms with E-state index in [1.54, 1.807) is 0 Å². The van der Waals surface area contributed by atoms with E-state index in [1.807, 2.05) is 0 Å². The zero-order valence-corrected chi connectivity index (χ0v) is 9.30. The molecule has 0 aromatic rings. The van der Waals surface area contributed by atoms with Crippen molar-refractivity contribution < 1.29 is 0 Å². The Labute approximate surface area is 82.9 Å². The van der Waals surface area contributed by atoms with E-state index in [2.05, 4.69) is 39.7 Å². The third kappa shape index (κ3) is 4.28. The van der Waals surface area contributed by atoms with Gasteiger partial charge < -0.3 is 10.2 Å².